The fourth-order valence-corrected chi connectivity index (χ4v) is 1.74. The smallest absolute Gasteiger partial charge is 0.0303 e. The van der Waals surface area contributed by atoms with Crippen LogP contribution in [-0.4, -0.2) is 18.1 Å². The highest BCUT2D eigenvalue weighted by Gasteiger charge is 2.16. The molecule has 1 unspecified atom stereocenters. The molecule has 1 aliphatic heterocycles. The zero-order valence-electron chi connectivity index (χ0n) is 9.38. The molecular formula is C12H20N2. The van der Waals surface area contributed by atoms with E-state index in [0.717, 1.165) is 13.1 Å². The molecule has 1 aromatic heterocycles. The van der Waals surface area contributed by atoms with Gasteiger partial charge in [-0.2, -0.15) is 0 Å². The van der Waals surface area contributed by atoms with Crippen LogP contribution in [0.2, 0.25) is 0 Å². The lowest BCUT2D eigenvalue weighted by molar-refractivity contribution is 0.757. The summed E-state index contributed by atoms with van der Waals surface area (Å²) in [7, 11) is 0. The fraction of sp³-hybridized carbons (Fsp3) is 0.583. The molecule has 0 radical (unpaired) electrons. The van der Waals surface area contributed by atoms with E-state index < -0.39 is 0 Å². The van der Waals surface area contributed by atoms with Crippen molar-refractivity contribution in [3.63, 3.8) is 0 Å². The van der Waals surface area contributed by atoms with Crippen LogP contribution in [-0.2, 0) is 0 Å². The van der Waals surface area contributed by atoms with Gasteiger partial charge in [-0.3, -0.25) is 4.98 Å². The molecule has 2 heterocycles. The molecule has 1 fully saturated rings. The van der Waals surface area contributed by atoms with Gasteiger partial charge in [0.25, 0.3) is 0 Å². The first-order valence-corrected chi connectivity index (χ1v) is 5.48. The van der Waals surface area contributed by atoms with E-state index in [1.165, 1.54) is 17.5 Å². The van der Waals surface area contributed by atoms with Gasteiger partial charge in [-0.15, -0.1) is 0 Å². The van der Waals surface area contributed by atoms with Crippen molar-refractivity contribution >= 4 is 0 Å². The first-order chi connectivity index (χ1) is 6.86. The summed E-state index contributed by atoms with van der Waals surface area (Å²) >= 11 is 0. The molecule has 14 heavy (non-hydrogen) atoms. The number of hydrogen-bond donors (Lipinski definition) is 1. The van der Waals surface area contributed by atoms with Crippen molar-refractivity contribution in [3.05, 3.63) is 29.6 Å². The molecule has 2 nitrogen and oxygen atoms in total. The standard InChI is InChI=1S/C10H14N2.C2H6/c1-8-4-10(7-12-5-8)9-2-3-11-6-9;1-2/h4-5,7,9,11H,2-3,6H2,1H3;1-2H3. The SMILES string of the molecule is CC.Cc1cncc(C2CCNC2)c1. The topological polar surface area (TPSA) is 24.9 Å². The van der Waals surface area contributed by atoms with Gasteiger partial charge >= 0.3 is 0 Å². The summed E-state index contributed by atoms with van der Waals surface area (Å²) in [5, 5.41) is 3.36. The molecule has 0 aliphatic carbocycles. The molecule has 1 saturated heterocycles. The van der Waals surface area contributed by atoms with Crippen LogP contribution in [0, 0.1) is 6.92 Å². The van der Waals surface area contributed by atoms with E-state index >= 15 is 0 Å². The second kappa shape index (κ2) is 5.76. The molecule has 1 aliphatic rings. The van der Waals surface area contributed by atoms with Crippen LogP contribution < -0.4 is 5.32 Å². The minimum absolute atomic E-state index is 0.692. The van der Waals surface area contributed by atoms with Crippen LogP contribution in [0.3, 0.4) is 0 Å². The maximum atomic E-state index is 4.20. The van der Waals surface area contributed by atoms with E-state index in [1.54, 1.807) is 0 Å². The molecule has 0 aromatic carbocycles. The predicted octanol–water partition coefficient (Wildman–Crippen LogP) is 2.49. The van der Waals surface area contributed by atoms with Crippen molar-refractivity contribution in [1.82, 2.24) is 10.3 Å². The zero-order valence-corrected chi connectivity index (χ0v) is 9.38. The molecule has 0 bridgehead atoms. The molecule has 1 N–H and O–H groups in total. The van der Waals surface area contributed by atoms with Crippen LogP contribution in [0.4, 0.5) is 0 Å². The van der Waals surface area contributed by atoms with Gasteiger partial charge in [0.15, 0.2) is 0 Å². The van der Waals surface area contributed by atoms with Crippen LogP contribution in [0.25, 0.3) is 0 Å². The number of nitrogens with zero attached hydrogens (tertiary/aromatic N) is 1. The van der Waals surface area contributed by atoms with Crippen molar-refractivity contribution in [2.24, 2.45) is 0 Å². The summed E-state index contributed by atoms with van der Waals surface area (Å²) in [4.78, 5) is 4.20. The first kappa shape index (κ1) is 11.2. The second-order valence-corrected chi connectivity index (χ2v) is 3.49. The maximum Gasteiger partial charge on any atom is 0.0303 e. The largest absolute Gasteiger partial charge is 0.316 e. The molecule has 78 valence electrons. The Morgan fingerprint density at radius 3 is 2.71 bits per heavy atom. The number of nitrogens with one attached hydrogen (secondary N) is 1. The maximum absolute atomic E-state index is 4.20. The average molecular weight is 192 g/mol. The summed E-state index contributed by atoms with van der Waals surface area (Å²) in [6, 6.07) is 2.24. The monoisotopic (exact) mass is 192 g/mol. The minimum atomic E-state index is 0.692. The third-order valence-corrected chi connectivity index (χ3v) is 2.43. The highest BCUT2D eigenvalue weighted by molar-refractivity contribution is 5.21. The van der Waals surface area contributed by atoms with Gasteiger partial charge < -0.3 is 5.32 Å². The highest BCUT2D eigenvalue weighted by atomic mass is 14.9. The predicted molar refractivity (Wildman–Crippen MR) is 60.5 cm³/mol. The average Bonchev–Trinajstić information content (AvgIpc) is 2.74. The van der Waals surface area contributed by atoms with E-state index in [2.05, 4.69) is 23.3 Å². The van der Waals surface area contributed by atoms with Gasteiger partial charge in [-0.05, 0) is 36.9 Å². The van der Waals surface area contributed by atoms with Gasteiger partial charge in [0, 0.05) is 18.9 Å². The van der Waals surface area contributed by atoms with Crippen molar-refractivity contribution in [3.8, 4) is 0 Å². The summed E-state index contributed by atoms with van der Waals surface area (Å²) in [6.07, 6.45) is 5.15. The Kier molecular flexibility index (Phi) is 4.60. The molecule has 2 rings (SSSR count). The molecule has 1 atom stereocenters. The fourth-order valence-electron chi connectivity index (χ4n) is 1.74. The van der Waals surface area contributed by atoms with E-state index in [1.807, 2.05) is 26.2 Å². The van der Waals surface area contributed by atoms with Gasteiger partial charge in [-0.25, -0.2) is 0 Å². The lowest BCUT2D eigenvalue weighted by Crippen LogP contribution is -2.08. The Hall–Kier alpha value is -0.890. The quantitative estimate of drug-likeness (QED) is 0.739. The van der Waals surface area contributed by atoms with E-state index in [0.29, 0.717) is 5.92 Å². The minimum Gasteiger partial charge on any atom is -0.316 e. The van der Waals surface area contributed by atoms with Crippen molar-refractivity contribution in [2.45, 2.75) is 33.1 Å². The Bertz CT molecular complexity index is 265. The molecule has 1 aromatic rings. The van der Waals surface area contributed by atoms with Crippen molar-refractivity contribution in [2.75, 3.05) is 13.1 Å². The first-order valence-electron chi connectivity index (χ1n) is 5.48. The molecular weight excluding hydrogens is 172 g/mol. The van der Waals surface area contributed by atoms with Crippen LogP contribution in [0.5, 0.6) is 0 Å². The van der Waals surface area contributed by atoms with Gasteiger partial charge in [0.1, 0.15) is 0 Å². The third kappa shape index (κ3) is 2.81. The van der Waals surface area contributed by atoms with Crippen LogP contribution >= 0.6 is 0 Å². The number of pyridine rings is 1. The normalized spacial score (nSPS) is 20.1. The Labute approximate surface area is 86.8 Å². The summed E-state index contributed by atoms with van der Waals surface area (Å²) in [5.74, 6) is 0.692. The lowest BCUT2D eigenvalue weighted by Gasteiger charge is -2.07. The van der Waals surface area contributed by atoms with Crippen molar-refractivity contribution in [1.29, 1.82) is 0 Å². The summed E-state index contributed by atoms with van der Waals surface area (Å²) < 4.78 is 0. The van der Waals surface area contributed by atoms with Gasteiger partial charge in [-0.1, -0.05) is 19.9 Å². The van der Waals surface area contributed by atoms with Gasteiger partial charge in [0.2, 0.25) is 0 Å². The number of aryl methyl sites for hydroxylation is 1. The number of hydrogen-bond acceptors (Lipinski definition) is 2. The highest BCUT2D eigenvalue weighted by Crippen LogP contribution is 2.21. The van der Waals surface area contributed by atoms with Crippen LogP contribution in [0.15, 0.2) is 18.5 Å². The molecule has 0 saturated carbocycles. The third-order valence-electron chi connectivity index (χ3n) is 2.43. The molecule has 0 amide bonds. The number of rotatable bonds is 1. The molecule has 0 spiro atoms. The van der Waals surface area contributed by atoms with Crippen LogP contribution in [0.1, 0.15) is 37.3 Å². The second-order valence-electron chi connectivity index (χ2n) is 3.49. The van der Waals surface area contributed by atoms with E-state index in [-0.39, 0.29) is 0 Å². The Morgan fingerprint density at radius 2 is 2.14 bits per heavy atom. The Balaban J connectivity index is 0.000000461. The Morgan fingerprint density at radius 1 is 1.36 bits per heavy atom. The van der Waals surface area contributed by atoms with Crippen molar-refractivity contribution < 1.29 is 0 Å². The molecule has 2 heteroatoms. The van der Waals surface area contributed by atoms with E-state index in [4.69, 9.17) is 0 Å². The van der Waals surface area contributed by atoms with Gasteiger partial charge in [0.05, 0.1) is 0 Å². The summed E-state index contributed by atoms with van der Waals surface area (Å²) in [5.41, 5.74) is 2.65. The van der Waals surface area contributed by atoms with E-state index in [9.17, 15) is 0 Å². The number of aromatic nitrogens is 1. The lowest BCUT2D eigenvalue weighted by atomic mass is 9.99. The summed E-state index contributed by atoms with van der Waals surface area (Å²) in [6.45, 7) is 8.36. The zero-order chi connectivity index (χ0) is 10.4.